The van der Waals surface area contributed by atoms with Gasteiger partial charge in [0.25, 0.3) is 12.2 Å². The third kappa shape index (κ3) is 23.6. The number of nitrogens with zero attached hydrogens (tertiary/aromatic N) is 7. The van der Waals surface area contributed by atoms with Gasteiger partial charge in [0.1, 0.15) is 11.2 Å². The van der Waals surface area contributed by atoms with Gasteiger partial charge in [0.05, 0.1) is 13.1 Å². The highest BCUT2D eigenvalue weighted by Gasteiger charge is 2.61. The van der Waals surface area contributed by atoms with Crippen molar-refractivity contribution in [1.82, 2.24) is 29.8 Å². The average Bonchev–Trinajstić information content (AvgIpc) is 1.82. The molecule has 6 aliphatic rings. The topological polar surface area (TPSA) is 157 Å². The molecule has 6 fully saturated rings. The van der Waals surface area contributed by atoms with Gasteiger partial charge in [-0.25, -0.2) is 9.59 Å². The van der Waals surface area contributed by atoms with Crippen LogP contribution in [0.15, 0.2) is 36.4 Å². The van der Waals surface area contributed by atoms with Gasteiger partial charge in [-0.3, -0.25) is 29.1 Å². The van der Waals surface area contributed by atoms with E-state index in [-0.39, 0.29) is 64.3 Å². The molecule has 17 nitrogen and oxygen atoms in total. The van der Waals surface area contributed by atoms with Crippen molar-refractivity contribution >= 4 is 65.0 Å². The molecular weight excluding hydrogens is 1280 g/mol. The Morgan fingerprint density at radius 2 is 0.879 bits per heavy atom. The fraction of sp³-hybridized carbons (Fsp3) is 0.717. The summed E-state index contributed by atoms with van der Waals surface area (Å²) in [5.74, 6) is 2.01. The molecule has 0 spiro atoms. The van der Waals surface area contributed by atoms with Crippen LogP contribution in [0.25, 0.3) is 0 Å². The first-order chi connectivity index (χ1) is 42.3. The third-order valence-corrected chi connectivity index (χ3v) is 16.9. The van der Waals surface area contributed by atoms with Crippen molar-refractivity contribution in [2.45, 2.75) is 135 Å². The van der Waals surface area contributed by atoms with Gasteiger partial charge < -0.3 is 43.9 Å². The molecule has 514 valence electrons. The van der Waals surface area contributed by atoms with Crippen molar-refractivity contribution in [2.24, 2.45) is 23.7 Å². The normalized spacial score (nSPS) is 20.9. The molecule has 91 heavy (non-hydrogen) atoms. The number of piperazine rings is 2. The van der Waals surface area contributed by atoms with Gasteiger partial charge in [-0.15, -0.1) is 0 Å². The minimum absolute atomic E-state index is 0.00126. The van der Waals surface area contributed by atoms with Crippen LogP contribution in [0.4, 0.5) is 73.6 Å². The van der Waals surface area contributed by atoms with E-state index >= 15 is 0 Å². The monoisotopic (exact) mass is 1360 g/mol. The first-order valence-corrected chi connectivity index (χ1v) is 31.0. The molecule has 2 amide bonds. The second-order valence-electron chi connectivity index (χ2n) is 25.7. The van der Waals surface area contributed by atoms with Crippen molar-refractivity contribution in [3.05, 3.63) is 57.6 Å². The first kappa shape index (κ1) is 74.8. The molecule has 6 heterocycles. The third-order valence-electron chi connectivity index (χ3n) is 16.4. The van der Waals surface area contributed by atoms with E-state index < -0.39 is 60.3 Å². The Balaban J connectivity index is 0.000000242. The van der Waals surface area contributed by atoms with Gasteiger partial charge in [0, 0.05) is 125 Å². The van der Waals surface area contributed by atoms with Crippen LogP contribution < -0.4 is 15.1 Å². The number of aldehydes is 1. The first-order valence-electron chi connectivity index (χ1n) is 30.3. The highest BCUT2D eigenvalue weighted by Crippen LogP contribution is 2.40. The summed E-state index contributed by atoms with van der Waals surface area (Å²) in [5.41, 5.74) is 2.69. The number of benzene rings is 2. The van der Waals surface area contributed by atoms with Crippen molar-refractivity contribution in [1.29, 1.82) is 0 Å². The van der Waals surface area contributed by atoms with Crippen LogP contribution in [0, 0.1) is 23.7 Å². The zero-order chi connectivity index (χ0) is 67.4. The smallest absolute Gasteiger partial charge is 0.434 e. The number of carbonyl (C=O) groups is 5. The summed E-state index contributed by atoms with van der Waals surface area (Å²) in [6.07, 6.45) is -27.1. The quantitative estimate of drug-likeness (QED) is 0.0874. The van der Waals surface area contributed by atoms with E-state index in [1.807, 2.05) is 64.6 Å². The number of amides is 2. The van der Waals surface area contributed by atoms with Crippen molar-refractivity contribution in [2.75, 3.05) is 128 Å². The maximum Gasteiger partial charge on any atom is 0.434 e. The lowest BCUT2D eigenvalue weighted by atomic mass is 9.83. The summed E-state index contributed by atoms with van der Waals surface area (Å²) in [6.45, 7) is 20.6. The minimum Gasteiger partial charge on any atom is -0.459 e. The standard InChI is InChI=1S/C30H41ClF6N4O4.C22H31ClN2O3.C8H10F6N2O2/c1-28(2,3)45-25(42)19-39-9-6-21(17-39)20-7-10-40(11-8-20)24-16-23(31)5-4-22(24)18-38-12-14-41(15-13-38)27(43)44-26(29(32,33)34)30(35,36)37;1-22(2,3)28-21(27)14-24-9-6-17(13-24)16-7-10-25(11-8-16)20-12-19(23)5-4-18(20)15-26;9-7(10,11)5(8(12,13)14)18-6(17)16-3-1-15-2-4-16/h4-5,16,20-21,26H,6-15,17-19H2,1-3H3;4-5,12,15-17H,6-11,13-14H2,1-3H3;5,15H,1-4H2. The van der Waals surface area contributed by atoms with Crippen molar-refractivity contribution in [3.63, 3.8) is 0 Å². The number of hydrogen-bond donors (Lipinski definition) is 1. The van der Waals surface area contributed by atoms with Gasteiger partial charge in [-0.1, -0.05) is 29.3 Å². The molecule has 0 radical (unpaired) electrons. The van der Waals surface area contributed by atoms with Crippen LogP contribution in [0.1, 0.15) is 96.0 Å². The Morgan fingerprint density at radius 1 is 0.505 bits per heavy atom. The zero-order valence-corrected chi connectivity index (χ0v) is 53.3. The second kappa shape index (κ2) is 31.8. The van der Waals surface area contributed by atoms with Crippen LogP contribution in [-0.2, 0) is 35.1 Å². The molecule has 0 aromatic heterocycles. The summed E-state index contributed by atoms with van der Waals surface area (Å²) >= 11 is 12.5. The number of likely N-dealkylation sites (tertiary alicyclic amines) is 2. The van der Waals surface area contributed by atoms with Crippen LogP contribution >= 0.6 is 23.2 Å². The molecule has 2 aromatic rings. The number of esters is 2. The van der Waals surface area contributed by atoms with E-state index in [4.69, 9.17) is 32.7 Å². The van der Waals surface area contributed by atoms with Crippen LogP contribution in [0.3, 0.4) is 0 Å². The molecule has 0 saturated carbocycles. The van der Waals surface area contributed by atoms with Gasteiger partial charge in [0.2, 0.25) is 0 Å². The van der Waals surface area contributed by atoms with E-state index in [9.17, 15) is 76.7 Å². The van der Waals surface area contributed by atoms with Gasteiger partial charge in [-0.05, 0) is 153 Å². The van der Waals surface area contributed by atoms with Crippen LogP contribution in [0.2, 0.25) is 10.0 Å². The summed E-state index contributed by atoms with van der Waals surface area (Å²) < 4.78 is 168. The molecular formula is C60H82Cl2F12N8O9. The summed E-state index contributed by atoms with van der Waals surface area (Å²) in [7, 11) is 0. The fourth-order valence-electron chi connectivity index (χ4n) is 12.1. The lowest BCUT2D eigenvalue weighted by Gasteiger charge is -2.38. The number of anilines is 2. The molecule has 2 aromatic carbocycles. The molecule has 6 saturated heterocycles. The van der Waals surface area contributed by atoms with Crippen LogP contribution in [-0.4, -0.2) is 221 Å². The van der Waals surface area contributed by atoms with E-state index in [0.717, 1.165) is 124 Å². The second-order valence-corrected chi connectivity index (χ2v) is 26.6. The predicted molar refractivity (Wildman–Crippen MR) is 315 cm³/mol. The van der Waals surface area contributed by atoms with E-state index in [1.54, 1.807) is 18.2 Å². The SMILES string of the molecule is CC(C)(C)OC(=O)CN1CCC(C2CCN(c3cc(Cl)ccc3C=O)CC2)C1.CC(C)(C)OC(=O)CN1CCC(C2CCN(c3cc(Cl)ccc3CN3CCN(C(=O)OC(C(F)(F)F)C(F)(F)F)CC3)CC2)C1.O=C(OC(C(F)(F)F)C(F)(F)F)N1CCNCC1. The highest BCUT2D eigenvalue weighted by atomic mass is 35.5. The molecule has 31 heteroatoms. The number of piperidine rings is 2. The molecule has 6 aliphatic heterocycles. The molecule has 0 aliphatic carbocycles. The largest absolute Gasteiger partial charge is 0.459 e. The molecule has 2 unspecified atom stereocenters. The Bertz CT molecular complexity index is 2700. The zero-order valence-electron chi connectivity index (χ0n) is 51.8. The number of ether oxygens (including phenoxy) is 4. The number of nitrogens with one attached hydrogen (secondary N) is 1. The molecule has 0 bridgehead atoms. The lowest BCUT2D eigenvalue weighted by molar-refractivity contribution is -0.309. The minimum atomic E-state index is -5.76. The number of rotatable bonds is 13. The number of alkyl halides is 12. The summed E-state index contributed by atoms with van der Waals surface area (Å²) in [6, 6.07) is 11.1. The van der Waals surface area contributed by atoms with Crippen LogP contribution in [0.5, 0.6) is 0 Å². The number of carbonyl (C=O) groups excluding carboxylic acids is 5. The van der Waals surface area contributed by atoms with Gasteiger partial charge in [-0.2, -0.15) is 52.7 Å². The van der Waals surface area contributed by atoms with Crippen molar-refractivity contribution < 1.29 is 95.6 Å². The Hall–Kier alpha value is -5.23. The predicted octanol–water partition coefficient (Wildman–Crippen LogP) is 11.5. The summed E-state index contributed by atoms with van der Waals surface area (Å²) in [5, 5.41) is 4.04. The Morgan fingerprint density at radius 3 is 1.27 bits per heavy atom. The fourth-order valence-corrected chi connectivity index (χ4v) is 12.5. The van der Waals surface area contributed by atoms with E-state index in [2.05, 4.69) is 34.4 Å². The molecule has 1 N–H and O–H groups in total. The van der Waals surface area contributed by atoms with Crippen molar-refractivity contribution in [3.8, 4) is 0 Å². The summed E-state index contributed by atoms with van der Waals surface area (Å²) in [4.78, 5) is 71.6. The molecule has 2 atom stereocenters. The number of halogens is 14. The highest BCUT2D eigenvalue weighted by molar-refractivity contribution is 6.31. The average molecular weight is 1360 g/mol. The Labute approximate surface area is 532 Å². The lowest BCUT2D eigenvalue weighted by Crippen LogP contribution is -2.52. The maximum absolute atomic E-state index is 12.8. The van der Waals surface area contributed by atoms with Gasteiger partial charge in [0.15, 0.2) is 6.29 Å². The maximum atomic E-state index is 12.8. The van der Waals surface area contributed by atoms with Gasteiger partial charge >= 0.3 is 48.8 Å². The number of hydrogen-bond acceptors (Lipinski definition) is 15. The van der Waals surface area contributed by atoms with E-state index in [1.165, 1.54) is 0 Å². The molecule has 8 rings (SSSR count). The Kier molecular flexibility index (Phi) is 26.1. The van der Waals surface area contributed by atoms with E-state index in [0.29, 0.717) is 58.9 Å².